The summed E-state index contributed by atoms with van der Waals surface area (Å²) in [5.74, 6) is -0.522. The molecular formula is C13H11N3O3S2. The highest BCUT2D eigenvalue weighted by molar-refractivity contribution is 7.90. The van der Waals surface area contributed by atoms with Crippen LogP contribution < -0.4 is 11.1 Å². The number of nitrogen functional groups attached to an aromatic ring is 1. The van der Waals surface area contributed by atoms with Gasteiger partial charge in [0.1, 0.15) is 11.1 Å². The molecule has 0 atom stereocenters. The number of thiophene rings is 1. The number of carbonyl (C=O) groups is 1. The average molecular weight is 321 g/mol. The summed E-state index contributed by atoms with van der Waals surface area (Å²) < 4.78 is 23.1. The molecule has 0 fully saturated rings. The standard InChI is InChI=1S/C13H11N3O3S2/c1-21(18,19)11-5-9(4-10(15)6-11)12(17)16-13-8(7-14)2-3-20-13/h2-6H,15H2,1H3,(H,16,17). The van der Waals surface area contributed by atoms with Crippen LogP contribution in [0.3, 0.4) is 0 Å². The highest BCUT2D eigenvalue weighted by atomic mass is 32.2. The molecule has 0 radical (unpaired) electrons. The van der Waals surface area contributed by atoms with E-state index in [4.69, 9.17) is 11.0 Å². The van der Waals surface area contributed by atoms with E-state index in [9.17, 15) is 13.2 Å². The second-order valence-electron chi connectivity index (χ2n) is 4.29. The fraction of sp³-hybridized carbons (Fsp3) is 0.0769. The monoisotopic (exact) mass is 321 g/mol. The summed E-state index contributed by atoms with van der Waals surface area (Å²) in [6.45, 7) is 0. The molecule has 1 heterocycles. The maximum Gasteiger partial charge on any atom is 0.256 e. The largest absolute Gasteiger partial charge is 0.399 e. The molecule has 0 aliphatic heterocycles. The number of hydrogen-bond donors (Lipinski definition) is 2. The first-order valence-corrected chi connectivity index (χ1v) is 8.48. The van der Waals surface area contributed by atoms with E-state index < -0.39 is 15.7 Å². The average Bonchev–Trinajstić information content (AvgIpc) is 2.84. The van der Waals surface area contributed by atoms with Gasteiger partial charge in [0.05, 0.1) is 10.5 Å². The molecule has 8 heteroatoms. The fourth-order valence-electron chi connectivity index (χ4n) is 1.64. The number of anilines is 2. The molecule has 0 saturated heterocycles. The lowest BCUT2D eigenvalue weighted by Gasteiger charge is -2.07. The van der Waals surface area contributed by atoms with Crippen LogP contribution in [0.4, 0.5) is 10.7 Å². The van der Waals surface area contributed by atoms with Gasteiger partial charge in [0.25, 0.3) is 5.91 Å². The van der Waals surface area contributed by atoms with Crippen LogP contribution in [0.5, 0.6) is 0 Å². The van der Waals surface area contributed by atoms with Gasteiger partial charge in [0.15, 0.2) is 9.84 Å². The predicted octanol–water partition coefficient (Wildman–Crippen LogP) is 1.86. The van der Waals surface area contributed by atoms with Crippen LogP contribution in [0.1, 0.15) is 15.9 Å². The Morgan fingerprint density at radius 3 is 2.71 bits per heavy atom. The van der Waals surface area contributed by atoms with Gasteiger partial charge in [-0.15, -0.1) is 11.3 Å². The number of sulfone groups is 1. The SMILES string of the molecule is CS(=O)(=O)c1cc(N)cc(C(=O)Nc2sccc2C#N)c1. The second-order valence-corrected chi connectivity index (χ2v) is 7.22. The van der Waals surface area contributed by atoms with Crippen molar-refractivity contribution in [1.82, 2.24) is 0 Å². The molecule has 1 aromatic carbocycles. The van der Waals surface area contributed by atoms with Gasteiger partial charge in [-0.1, -0.05) is 0 Å². The van der Waals surface area contributed by atoms with Gasteiger partial charge in [-0.3, -0.25) is 4.79 Å². The summed E-state index contributed by atoms with van der Waals surface area (Å²) in [4.78, 5) is 12.1. The third kappa shape index (κ3) is 3.39. The summed E-state index contributed by atoms with van der Waals surface area (Å²) >= 11 is 1.21. The van der Waals surface area contributed by atoms with Crippen molar-refractivity contribution >= 4 is 37.8 Å². The molecule has 0 aliphatic rings. The molecule has 0 spiro atoms. The lowest BCUT2D eigenvalue weighted by atomic mass is 10.2. The Balaban J connectivity index is 2.37. The lowest BCUT2D eigenvalue weighted by molar-refractivity contribution is 0.102. The number of nitrogens with two attached hydrogens (primary N) is 1. The Morgan fingerprint density at radius 2 is 2.10 bits per heavy atom. The Hall–Kier alpha value is -2.37. The van der Waals surface area contributed by atoms with Crippen LogP contribution in [0, 0.1) is 11.3 Å². The van der Waals surface area contributed by atoms with E-state index >= 15 is 0 Å². The molecule has 2 aromatic rings. The van der Waals surface area contributed by atoms with Crippen molar-refractivity contribution in [2.45, 2.75) is 4.90 Å². The number of benzene rings is 1. The predicted molar refractivity (Wildman–Crippen MR) is 81.0 cm³/mol. The molecule has 1 aromatic heterocycles. The van der Waals surface area contributed by atoms with E-state index in [-0.39, 0.29) is 16.1 Å². The van der Waals surface area contributed by atoms with Crippen LogP contribution in [0.15, 0.2) is 34.5 Å². The highest BCUT2D eigenvalue weighted by Gasteiger charge is 2.15. The van der Waals surface area contributed by atoms with Crippen molar-refractivity contribution < 1.29 is 13.2 Å². The Bertz CT molecular complexity index is 848. The lowest BCUT2D eigenvalue weighted by Crippen LogP contribution is -2.13. The molecule has 6 nitrogen and oxygen atoms in total. The minimum atomic E-state index is -3.47. The molecule has 0 saturated carbocycles. The minimum Gasteiger partial charge on any atom is -0.399 e. The molecule has 2 rings (SSSR count). The zero-order valence-corrected chi connectivity index (χ0v) is 12.6. The molecule has 108 valence electrons. The van der Waals surface area contributed by atoms with Crippen LogP contribution in [0.2, 0.25) is 0 Å². The highest BCUT2D eigenvalue weighted by Crippen LogP contribution is 2.24. The third-order valence-electron chi connectivity index (χ3n) is 2.63. The maximum absolute atomic E-state index is 12.1. The van der Waals surface area contributed by atoms with Crippen molar-refractivity contribution in [2.75, 3.05) is 17.3 Å². The summed E-state index contributed by atoms with van der Waals surface area (Å²) in [7, 11) is -3.47. The zero-order valence-electron chi connectivity index (χ0n) is 11.0. The van der Waals surface area contributed by atoms with E-state index in [1.54, 1.807) is 11.4 Å². The van der Waals surface area contributed by atoms with Gasteiger partial charge in [-0.25, -0.2) is 8.42 Å². The van der Waals surface area contributed by atoms with Crippen molar-refractivity contribution in [3.63, 3.8) is 0 Å². The molecular weight excluding hydrogens is 310 g/mol. The van der Waals surface area contributed by atoms with Gasteiger partial charge in [-0.2, -0.15) is 5.26 Å². The zero-order chi connectivity index (χ0) is 15.6. The van der Waals surface area contributed by atoms with Crippen molar-refractivity contribution in [2.24, 2.45) is 0 Å². The van der Waals surface area contributed by atoms with Crippen LogP contribution in [0.25, 0.3) is 0 Å². The first-order valence-electron chi connectivity index (χ1n) is 5.71. The number of carbonyl (C=O) groups excluding carboxylic acids is 1. The van der Waals surface area contributed by atoms with E-state index in [1.807, 2.05) is 6.07 Å². The summed E-state index contributed by atoms with van der Waals surface area (Å²) in [6, 6.07) is 7.46. The number of amides is 1. The minimum absolute atomic E-state index is 0.0284. The number of nitrogens with zero attached hydrogens (tertiary/aromatic N) is 1. The van der Waals surface area contributed by atoms with Gasteiger partial charge in [0, 0.05) is 17.5 Å². The second kappa shape index (κ2) is 5.55. The van der Waals surface area contributed by atoms with Crippen molar-refractivity contribution in [3.8, 4) is 6.07 Å². The smallest absolute Gasteiger partial charge is 0.256 e. The van der Waals surface area contributed by atoms with Gasteiger partial charge in [0.2, 0.25) is 0 Å². The van der Waals surface area contributed by atoms with Crippen molar-refractivity contribution in [3.05, 3.63) is 40.8 Å². The van der Waals surface area contributed by atoms with E-state index in [1.165, 1.54) is 29.5 Å². The molecule has 3 N–H and O–H groups in total. The van der Waals surface area contributed by atoms with Crippen LogP contribution in [-0.2, 0) is 9.84 Å². The van der Waals surface area contributed by atoms with E-state index in [0.717, 1.165) is 6.26 Å². The van der Waals surface area contributed by atoms with Crippen LogP contribution >= 0.6 is 11.3 Å². The number of nitrogens with one attached hydrogen (secondary N) is 1. The normalized spacial score (nSPS) is 10.9. The first-order chi connectivity index (χ1) is 9.81. The summed E-state index contributed by atoms with van der Waals surface area (Å²) in [5, 5.41) is 13.5. The molecule has 0 bridgehead atoms. The Labute approximate surface area is 125 Å². The van der Waals surface area contributed by atoms with E-state index in [0.29, 0.717) is 10.6 Å². The number of rotatable bonds is 3. The van der Waals surface area contributed by atoms with Gasteiger partial charge < -0.3 is 11.1 Å². The topological polar surface area (TPSA) is 113 Å². The molecule has 1 amide bonds. The fourth-order valence-corrected chi connectivity index (χ4v) is 3.06. The molecule has 0 aliphatic carbocycles. The van der Waals surface area contributed by atoms with Gasteiger partial charge >= 0.3 is 0 Å². The summed E-state index contributed by atoms with van der Waals surface area (Å²) in [6.07, 6.45) is 1.04. The third-order valence-corrected chi connectivity index (χ3v) is 4.55. The summed E-state index contributed by atoms with van der Waals surface area (Å²) in [5.41, 5.74) is 6.27. The quantitative estimate of drug-likeness (QED) is 0.838. The Morgan fingerprint density at radius 1 is 1.38 bits per heavy atom. The number of hydrogen-bond acceptors (Lipinski definition) is 6. The van der Waals surface area contributed by atoms with Crippen LogP contribution in [-0.4, -0.2) is 20.6 Å². The number of nitriles is 1. The Kier molecular flexibility index (Phi) is 3.97. The first kappa shape index (κ1) is 15.0. The molecule has 21 heavy (non-hydrogen) atoms. The maximum atomic E-state index is 12.1. The van der Waals surface area contributed by atoms with Crippen molar-refractivity contribution in [1.29, 1.82) is 5.26 Å². The molecule has 0 unspecified atom stereocenters. The van der Waals surface area contributed by atoms with E-state index in [2.05, 4.69) is 5.32 Å². The van der Waals surface area contributed by atoms with Gasteiger partial charge in [-0.05, 0) is 29.6 Å².